The summed E-state index contributed by atoms with van der Waals surface area (Å²) in [6.07, 6.45) is 1.58. The van der Waals surface area contributed by atoms with Crippen LogP contribution >= 0.6 is 11.8 Å². The molecule has 0 unspecified atom stereocenters. The van der Waals surface area contributed by atoms with Crippen molar-refractivity contribution in [3.63, 3.8) is 0 Å². The highest BCUT2D eigenvalue weighted by molar-refractivity contribution is 8.00. The van der Waals surface area contributed by atoms with Crippen LogP contribution in [0.5, 0.6) is 0 Å². The fraction of sp³-hybridized carbons (Fsp3) is 0.286. The quantitative estimate of drug-likeness (QED) is 0.814. The molecular formula is C14H17N5O2S. The van der Waals surface area contributed by atoms with Gasteiger partial charge in [-0.2, -0.15) is 0 Å². The van der Waals surface area contributed by atoms with Crippen LogP contribution in [0.25, 0.3) is 5.69 Å². The van der Waals surface area contributed by atoms with Crippen molar-refractivity contribution >= 4 is 23.7 Å². The molecule has 0 bridgehead atoms. The fourth-order valence-electron chi connectivity index (χ4n) is 1.87. The van der Waals surface area contributed by atoms with E-state index in [4.69, 9.17) is 5.73 Å². The number of nitrogens with one attached hydrogen (secondary N) is 1. The number of aromatic nitrogens is 3. The lowest BCUT2D eigenvalue weighted by Gasteiger charge is -2.18. The Hall–Kier alpha value is -2.35. The molecule has 3 amide bonds. The highest BCUT2D eigenvalue weighted by Gasteiger charge is 2.26. The summed E-state index contributed by atoms with van der Waals surface area (Å²) in [7, 11) is 0. The number of primary amides is 1. The predicted molar refractivity (Wildman–Crippen MR) is 83.6 cm³/mol. The van der Waals surface area contributed by atoms with Gasteiger partial charge in [0.1, 0.15) is 6.33 Å². The Morgan fingerprint density at radius 1 is 1.27 bits per heavy atom. The topological polar surface area (TPSA) is 103 Å². The summed E-state index contributed by atoms with van der Waals surface area (Å²) in [5.74, 6) is -0.444. The molecule has 0 aliphatic heterocycles. The average molecular weight is 319 g/mol. The largest absolute Gasteiger partial charge is 0.351 e. The maximum Gasteiger partial charge on any atom is 0.318 e. The van der Waals surface area contributed by atoms with Gasteiger partial charge in [0.2, 0.25) is 5.91 Å². The number of amides is 3. The summed E-state index contributed by atoms with van der Waals surface area (Å²) in [4.78, 5) is 23.0. The van der Waals surface area contributed by atoms with E-state index in [1.807, 2.05) is 44.2 Å². The molecule has 0 radical (unpaired) electrons. The number of carbonyl (C=O) groups is 2. The molecule has 8 heteroatoms. The molecule has 7 nitrogen and oxygen atoms in total. The van der Waals surface area contributed by atoms with Gasteiger partial charge in [-0.25, -0.2) is 4.79 Å². The number of urea groups is 1. The Morgan fingerprint density at radius 2 is 1.95 bits per heavy atom. The molecule has 0 saturated heterocycles. The van der Waals surface area contributed by atoms with Gasteiger partial charge in [0.15, 0.2) is 5.16 Å². The molecule has 0 aliphatic carbocycles. The Balaban J connectivity index is 2.23. The van der Waals surface area contributed by atoms with Crippen LogP contribution in [0.1, 0.15) is 13.8 Å². The Kier molecular flexibility index (Phi) is 5.16. The van der Waals surface area contributed by atoms with Crippen molar-refractivity contribution in [1.82, 2.24) is 20.1 Å². The first-order valence-corrected chi connectivity index (χ1v) is 7.59. The van der Waals surface area contributed by atoms with Crippen molar-refractivity contribution in [2.45, 2.75) is 24.3 Å². The molecule has 1 aromatic heterocycles. The smallest absolute Gasteiger partial charge is 0.318 e. The first-order valence-electron chi connectivity index (χ1n) is 6.71. The lowest BCUT2D eigenvalue weighted by atomic mass is 10.1. The normalized spacial score (nSPS) is 12.1. The maximum absolute atomic E-state index is 12.1. The highest BCUT2D eigenvalue weighted by Crippen LogP contribution is 2.28. The van der Waals surface area contributed by atoms with Crippen LogP contribution < -0.4 is 11.1 Å². The first-order chi connectivity index (χ1) is 10.5. The number of thioether (sulfide) groups is 1. The molecule has 3 N–H and O–H groups in total. The fourth-order valence-corrected chi connectivity index (χ4v) is 2.89. The van der Waals surface area contributed by atoms with Crippen LogP contribution in [0.2, 0.25) is 0 Å². The summed E-state index contributed by atoms with van der Waals surface area (Å²) >= 11 is 1.24. The lowest BCUT2D eigenvalue weighted by molar-refractivity contribution is -0.120. The van der Waals surface area contributed by atoms with Gasteiger partial charge in [-0.05, 0) is 18.1 Å². The third-order valence-electron chi connectivity index (χ3n) is 2.89. The number of nitrogens with two attached hydrogens (primary N) is 1. The van der Waals surface area contributed by atoms with E-state index in [0.29, 0.717) is 5.16 Å². The predicted octanol–water partition coefficient (Wildman–Crippen LogP) is 1.58. The van der Waals surface area contributed by atoms with Gasteiger partial charge in [-0.1, -0.05) is 43.8 Å². The van der Waals surface area contributed by atoms with Crippen molar-refractivity contribution < 1.29 is 9.59 Å². The molecule has 0 aliphatic rings. The second kappa shape index (κ2) is 7.08. The number of hydrogen-bond acceptors (Lipinski definition) is 5. The zero-order valence-corrected chi connectivity index (χ0v) is 13.1. The third kappa shape index (κ3) is 3.85. The van der Waals surface area contributed by atoms with E-state index in [0.717, 1.165) is 5.69 Å². The van der Waals surface area contributed by atoms with Crippen LogP contribution in [0.15, 0.2) is 41.8 Å². The Labute approximate surface area is 132 Å². The van der Waals surface area contributed by atoms with Crippen molar-refractivity contribution in [3.05, 3.63) is 36.7 Å². The van der Waals surface area contributed by atoms with E-state index in [9.17, 15) is 9.59 Å². The summed E-state index contributed by atoms with van der Waals surface area (Å²) < 4.78 is 1.79. The number of hydrogen-bond donors (Lipinski definition) is 2. The lowest BCUT2D eigenvalue weighted by Crippen LogP contribution is -2.42. The molecule has 2 aromatic rings. The zero-order valence-electron chi connectivity index (χ0n) is 12.3. The van der Waals surface area contributed by atoms with Gasteiger partial charge < -0.3 is 5.73 Å². The number of rotatable bonds is 5. The summed E-state index contributed by atoms with van der Waals surface area (Å²) in [6, 6.07) is 8.70. The van der Waals surface area contributed by atoms with E-state index in [2.05, 4.69) is 15.5 Å². The van der Waals surface area contributed by atoms with Gasteiger partial charge in [-0.15, -0.1) is 10.2 Å². The standard InChI is InChI=1S/C14H17N5O2S/c1-9(2)11(12(20)17-13(15)21)22-14-18-16-8-19(14)10-6-4-3-5-7-10/h3-9,11H,1-2H3,(H3,15,17,20,21)/t11-/m1/s1. The molecule has 1 heterocycles. The summed E-state index contributed by atoms with van der Waals surface area (Å²) in [5, 5.41) is 10.1. The first kappa shape index (κ1) is 16.0. The molecular weight excluding hydrogens is 302 g/mol. The average Bonchev–Trinajstić information content (AvgIpc) is 2.92. The minimum atomic E-state index is -0.860. The Morgan fingerprint density at radius 3 is 2.55 bits per heavy atom. The van der Waals surface area contributed by atoms with E-state index < -0.39 is 17.2 Å². The molecule has 0 saturated carbocycles. The van der Waals surface area contributed by atoms with Gasteiger partial charge in [0, 0.05) is 5.69 Å². The number of benzene rings is 1. The summed E-state index contributed by atoms with van der Waals surface area (Å²) in [6.45, 7) is 3.78. The second-order valence-electron chi connectivity index (χ2n) is 4.96. The van der Waals surface area contributed by atoms with Crippen molar-refractivity contribution in [1.29, 1.82) is 0 Å². The highest BCUT2D eigenvalue weighted by atomic mass is 32.2. The second-order valence-corrected chi connectivity index (χ2v) is 6.06. The van der Waals surface area contributed by atoms with Gasteiger partial charge >= 0.3 is 6.03 Å². The van der Waals surface area contributed by atoms with Gasteiger partial charge in [0.05, 0.1) is 5.25 Å². The van der Waals surface area contributed by atoms with Crippen LogP contribution in [-0.4, -0.2) is 32.0 Å². The van der Waals surface area contributed by atoms with E-state index in [-0.39, 0.29) is 5.92 Å². The van der Waals surface area contributed by atoms with E-state index >= 15 is 0 Å². The van der Waals surface area contributed by atoms with Crippen molar-refractivity contribution in [3.8, 4) is 5.69 Å². The number of carbonyl (C=O) groups excluding carboxylic acids is 2. The number of para-hydroxylation sites is 1. The minimum absolute atomic E-state index is 0.00901. The van der Waals surface area contributed by atoms with Gasteiger partial charge in [0.25, 0.3) is 0 Å². The molecule has 0 fully saturated rings. The summed E-state index contributed by atoms with van der Waals surface area (Å²) in [5.41, 5.74) is 5.91. The maximum atomic E-state index is 12.1. The van der Waals surface area contributed by atoms with Gasteiger partial charge in [-0.3, -0.25) is 14.7 Å². The van der Waals surface area contributed by atoms with Crippen LogP contribution in [-0.2, 0) is 4.79 Å². The Bertz CT molecular complexity index is 656. The minimum Gasteiger partial charge on any atom is -0.351 e. The molecule has 1 aromatic carbocycles. The zero-order chi connectivity index (χ0) is 16.1. The van der Waals surface area contributed by atoms with Crippen LogP contribution in [0.3, 0.4) is 0 Å². The molecule has 0 spiro atoms. The van der Waals surface area contributed by atoms with E-state index in [1.165, 1.54) is 11.8 Å². The molecule has 22 heavy (non-hydrogen) atoms. The monoisotopic (exact) mass is 319 g/mol. The van der Waals surface area contributed by atoms with Crippen molar-refractivity contribution in [2.24, 2.45) is 11.7 Å². The SMILES string of the molecule is CC(C)[C@@H](Sc1nncn1-c1ccccc1)C(=O)NC(N)=O. The number of imide groups is 1. The molecule has 2 rings (SSSR count). The molecule has 116 valence electrons. The number of nitrogens with zero attached hydrogens (tertiary/aromatic N) is 3. The van der Waals surface area contributed by atoms with Crippen molar-refractivity contribution in [2.75, 3.05) is 0 Å². The van der Waals surface area contributed by atoms with Crippen LogP contribution in [0, 0.1) is 5.92 Å². The van der Waals surface area contributed by atoms with Crippen LogP contribution in [0.4, 0.5) is 4.79 Å². The van der Waals surface area contributed by atoms with E-state index in [1.54, 1.807) is 10.9 Å². The third-order valence-corrected chi connectivity index (χ3v) is 4.40. The molecule has 1 atom stereocenters.